The van der Waals surface area contributed by atoms with Gasteiger partial charge in [0.15, 0.2) is 11.6 Å². The van der Waals surface area contributed by atoms with Crippen LogP contribution in [0.5, 0.6) is 11.5 Å². The van der Waals surface area contributed by atoms with Gasteiger partial charge in [-0.3, -0.25) is 0 Å². The standard InChI is InChI=1S/C17H19ClF2N2O2/c1-3-4-7-23-11-8-14(17(21)22-9-11)24-10(2)15-12(19)5-6-13(20)16(15)18/h5-6,8-10H,3-4,7H2,1-2H3,(H2,21,22). The molecule has 2 aromatic rings. The number of unbranched alkanes of at least 4 members (excludes halogenated alkanes) is 1. The largest absolute Gasteiger partial charge is 0.492 e. The molecule has 1 aromatic carbocycles. The second-order valence-corrected chi connectivity index (χ2v) is 5.65. The third kappa shape index (κ3) is 4.26. The van der Waals surface area contributed by atoms with E-state index in [1.807, 2.05) is 0 Å². The average molecular weight is 357 g/mol. The Morgan fingerprint density at radius 2 is 2.00 bits per heavy atom. The van der Waals surface area contributed by atoms with E-state index in [4.69, 9.17) is 26.8 Å². The molecule has 0 bridgehead atoms. The van der Waals surface area contributed by atoms with Crippen LogP contribution in [0.15, 0.2) is 24.4 Å². The van der Waals surface area contributed by atoms with E-state index in [1.54, 1.807) is 13.0 Å². The molecule has 2 N–H and O–H groups in total. The van der Waals surface area contributed by atoms with E-state index in [1.165, 1.54) is 6.20 Å². The summed E-state index contributed by atoms with van der Waals surface area (Å²) in [5.41, 5.74) is 5.71. The predicted molar refractivity (Wildman–Crippen MR) is 89.5 cm³/mol. The van der Waals surface area contributed by atoms with Crippen molar-refractivity contribution in [3.05, 3.63) is 46.6 Å². The molecule has 0 saturated heterocycles. The van der Waals surface area contributed by atoms with Crippen LogP contribution in [0.25, 0.3) is 0 Å². The van der Waals surface area contributed by atoms with Crippen molar-refractivity contribution in [2.24, 2.45) is 0 Å². The molecule has 130 valence electrons. The number of nitrogens with two attached hydrogens (primary N) is 1. The number of hydrogen-bond acceptors (Lipinski definition) is 4. The molecule has 0 amide bonds. The van der Waals surface area contributed by atoms with Crippen molar-refractivity contribution in [2.45, 2.75) is 32.8 Å². The van der Waals surface area contributed by atoms with Gasteiger partial charge >= 0.3 is 0 Å². The fourth-order valence-electron chi connectivity index (χ4n) is 2.11. The summed E-state index contributed by atoms with van der Waals surface area (Å²) in [5.74, 6) is -0.540. The number of nitrogen functional groups attached to an aromatic ring is 1. The highest BCUT2D eigenvalue weighted by molar-refractivity contribution is 6.31. The number of pyridine rings is 1. The van der Waals surface area contributed by atoms with Crippen molar-refractivity contribution in [1.82, 2.24) is 4.98 Å². The van der Waals surface area contributed by atoms with Crippen molar-refractivity contribution in [1.29, 1.82) is 0 Å². The van der Waals surface area contributed by atoms with Crippen LogP contribution >= 0.6 is 11.6 Å². The highest BCUT2D eigenvalue weighted by Crippen LogP contribution is 2.34. The summed E-state index contributed by atoms with van der Waals surface area (Å²) in [5, 5.41) is -0.315. The number of rotatable bonds is 7. The Kier molecular flexibility index (Phi) is 6.20. The van der Waals surface area contributed by atoms with Gasteiger partial charge in [-0.2, -0.15) is 0 Å². The normalized spacial score (nSPS) is 12.0. The lowest BCUT2D eigenvalue weighted by molar-refractivity contribution is 0.219. The highest BCUT2D eigenvalue weighted by Gasteiger charge is 2.21. The summed E-state index contributed by atoms with van der Waals surface area (Å²) in [6.07, 6.45) is 2.53. The number of benzene rings is 1. The van der Waals surface area contributed by atoms with Gasteiger partial charge in [0.1, 0.15) is 23.5 Å². The van der Waals surface area contributed by atoms with Crippen molar-refractivity contribution < 1.29 is 18.3 Å². The molecule has 0 aliphatic rings. The first-order valence-electron chi connectivity index (χ1n) is 7.62. The number of anilines is 1. The average Bonchev–Trinajstić information content (AvgIpc) is 2.54. The molecule has 4 nitrogen and oxygen atoms in total. The molecule has 1 aromatic heterocycles. The Balaban J connectivity index is 2.21. The van der Waals surface area contributed by atoms with E-state index >= 15 is 0 Å². The third-order valence-electron chi connectivity index (χ3n) is 3.41. The predicted octanol–water partition coefficient (Wildman–Crippen LogP) is 4.91. The zero-order valence-corrected chi connectivity index (χ0v) is 14.2. The van der Waals surface area contributed by atoms with Gasteiger partial charge in [0, 0.05) is 11.6 Å². The van der Waals surface area contributed by atoms with Crippen LogP contribution in [0.3, 0.4) is 0 Å². The molecule has 0 fully saturated rings. The Morgan fingerprint density at radius 3 is 2.71 bits per heavy atom. The van der Waals surface area contributed by atoms with Gasteiger partial charge in [-0.15, -0.1) is 0 Å². The highest BCUT2D eigenvalue weighted by atomic mass is 35.5. The molecule has 0 aliphatic heterocycles. The Morgan fingerprint density at radius 1 is 1.29 bits per heavy atom. The Hall–Kier alpha value is -2.08. The summed E-state index contributed by atoms with van der Waals surface area (Å²) in [4.78, 5) is 3.99. The Bertz CT molecular complexity index is 713. The number of hydrogen-bond donors (Lipinski definition) is 1. The molecule has 2 rings (SSSR count). The molecular formula is C17H19ClF2N2O2. The first-order chi connectivity index (χ1) is 11.4. The molecule has 7 heteroatoms. The van der Waals surface area contributed by atoms with Crippen LogP contribution in [0.4, 0.5) is 14.6 Å². The lowest BCUT2D eigenvalue weighted by Gasteiger charge is -2.18. The zero-order valence-electron chi connectivity index (χ0n) is 13.5. The minimum Gasteiger partial charge on any atom is -0.492 e. The summed E-state index contributed by atoms with van der Waals surface area (Å²) in [6, 6.07) is 3.54. The Labute approximate surface area is 144 Å². The summed E-state index contributed by atoms with van der Waals surface area (Å²) < 4.78 is 38.7. The van der Waals surface area contributed by atoms with E-state index in [0.29, 0.717) is 12.4 Å². The molecule has 0 radical (unpaired) electrons. The first kappa shape index (κ1) is 18.3. The third-order valence-corrected chi connectivity index (χ3v) is 3.80. The van der Waals surface area contributed by atoms with Crippen molar-refractivity contribution in [3.8, 4) is 11.5 Å². The smallest absolute Gasteiger partial charge is 0.166 e. The monoisotopic (exact) mass is 356 g/mol. The number of halogens is 3. The van der Waals surface area contributed by atoms with E-state index < -0.39 is 17.7 Å². The molecule has 0 saturated carbocycles. The molecule has 0 aliphatic carbocycles. The van der Waals surface area contributed by atoms with E-state index in [2.05, 4.69) is 11.9 Å². The summed E-state index contributed by atoms with van der Waals surface area (Å²) in [6.45, 7) is 4.15. The lowest BCUT2D eigenvalue weighted by atomic mass is 10.1. The van der Waals surface area contributed by atoms with Crippen LogP contribution in [0.1, 0.15) is 38.4 Å². The molecular weight excluding hydrogens is 338 g/mol. The van der Waals surface area contributed by atoms with Crippen LogP contribution in [-0.4, -0.2) is 11.6 Å². The maximum absolute atomic E-state index is 14.0. The molecule has 0 spiro atoms. The van der Waals surface area contributed by atoms with Crippen molar-refractivity contribution in [3.63, 3.8) is 0 Å². The van der Waals surface area contributed by atoms with Crippen molar-refractivity contribution >= 4 is 17.4 Å². The van der Waals surface area contributed by atoms with Crippen LogP contribution in [0, 0.1) is 11.6 Å². The van der Waals surface area contributed by atoms with Crippen LogP contribution in [0.2, 0.25) is 5.02 Å². The second-order valence-electron chi connectivity index (χ2n) is 5.27. The number of aromatic nitrogens is 1. The number of ether oxygens (including phenoxy) is 2. The van der Waals surface area contributed by atoms with E-state index in [-0.39, 0.29) is 22.2 Å². The van der Waals surface area contributed by atoms with E-state index in [9.17, 15) is 8.78 Å². The molecule has 24 heavy (non-hydrogen) atoms. The van der Waals surface area contributed by atoms with E-state index in [0.717, 1.165) is 25.0 Å². The molecule has 1 unspecified atom stereocenters. The minimum absolute atomic E-state index is 0.0756. The topological polar surface area (TPSA) is 57.4 Å². The quantitative estimate of drug-likeness (QED) is 0.565. The summed E-state index contributed by atoms with van der Waals surface area (Å²) >= 11 is 5.85. The summed E-state index contributed by atoms with van der Waals surface area (Å²) in [7, 11) is 0. The first-order valence-corrected chi connectivity index (χ1v) is 8.00. The fourth-order valence-corrected chi connectivity index (χ4v) is 2.42. The molecule has 1 atom stereocenters. The maximum atomic E-state index is 14.0. The second kappa shape index (κ2) is 8.15. The van der Waals surface area contributed by atoms with Crippen LogP contribution < -0.4 is 15.2 Å². The zero-order chi connectivity index (χ0) is 17.7. The maximum Gasteiger partial charge on any atom is 0.166 e. The van der Waals surface area contributed by atoms with Gasteiger partial charge < -0.3 is 15.2 Å². The van der Waals surface area contributed by atoms with Crippen LogP contribution in [-0.2, 0) is 0 Å². The van der Waals surface area contributed by atoms with Gasteiger partial charge in [0.05, 0.1) is 17.8 Å². The van der Waals surface area contributed by atoms with Gasteiger partial charge in [-0.25, -0.2) is 13.8 Å². The number of nitrogens with zero attached hydrogens (tertiary/aromatic N) is 1. The SMILES string of the molecule is CCCCOc1cnc(N)c(OC(C)c2c(F)ccc(F)c2Cl)c1. The lowest BCUT2D eigenvalue weighted by Crippen LogP contribution is -2.09. The van der Waals surface area contributed by atoms with Gasteiger partial charge in [-0.1, -0.05) is 24.9 Å². The van der Waals surface area contributed by atoms with Gasteiger partial charge in [-0.05, 0) is 25.5 Å². The fraction of sp³-hybridized carbons (Fsp3) is 0.353. The molecule has 1 heterocycles. The van der Waals surface area contributed by atoms with Gasteiger partial charge in [0.25, 0.3) is 0 Å². The van der Waals surface area contributed by atoms with Gasteiger partial charge in [0.2, 0.25) is 0 Å². The van der Waals surface area contributed by atoms with Crippen molar-refractivity contribution in [2.75, 3.05) is 12.3 Å². The minimum atomic E-state index is -0.858.